The zero-order valence-corrected chi connectivity index (χ0v) is 12.0. The van der Waals surface area contributed by atoms with Crippen molar-refractivity contribution >= 4 is 29.0 Å². The molecule has 2 nitrogen and oxygen atoms in total. The van der Waals surface area contributed by atoms with Crippen LogP contribution in [0.2, 0.25) is 10.0 Å². The first kappa shape index (κ1) is 14.6. The first-order valence-corrected chi connectivity index (χ1v) is 6.80. The van der Waals surface area contributed by atoms with Gasteiger partial charge in [-0.05, 0) is 23.8 Å². The molecule has 1 unspecified atom stereocenters. The van der Waals surface area contributed by atoms with E-state index >= 15 is 0 Å². The minimum absolute atomic E-state index is 0.103. The second-order valence-electron chi connectivity index (χ2n) is 4.31. The van der Waals surface area contributed by atoms with Crippen LogP contribution in [0.3, 0.4) is 0 Å². The van der Waals surface area contributed by atoms with E-state index in [0.29, 0.717) is 15.6 Å². The third-order valence-corrected chi connectivity index (χ3v) is 3.57. The average molecular weight is 304 g/mol. The monoisotopic (exact) mass is 303 g/mol. The Labute approximate surface area is 127 Å². The third kappa shape index (κ3) is 3.19. The van der Waals surface area contributed by atoms with Crippen LogP contribution in [-0.4, -0.2) is 5.78 Å². The number of hydrogen-bond acceptors (Lipinski definition) is 2. The van der Waals surface area contributed by atoms with E-state index in [9.17, 15) is 4.79 Å². The van der Waals surface area contributed by atoms with Gasteiger partial charge in [0.15, 0.2) is 5.78 Å². The van der Waals surface area contributed by atoms with Gasteiger partial charge in [-0.25, -0.2) is 0 Å². The van der Waals surface area contributed by atoms with E-state index < -0.39 is 5.92 Å². The van der Waals surface area contributed by atoms with Gasteiger partial charge in [0.25, 0.3) is 0 Å². The number of Topliss-reactive ketones (excluding diaryl/α,β-unsaturated/α-hetero) is 1. The fraction of sp³-hybridized carbons (Fsp3) is 0.125. The summed E-state index contributed by atoms with van der Waals surface area (Å²) in [5, 5.41) is 9.75. The molecule has 0 N–H and O–H groups in total. The van der Waals surface area contributed by atoms with Crippen molar-refractivity contribution in [3.05, 3.63) is 69.7 Å². The molecule has 0 fully saturated rings. The maximum atomic E-state index is 12.6. The van der Waals surface area contributed by atoms with Crippen LogP contribution < -0.4 is 0 Å². The molecule has 0 saturated carbocycles. The van der Waals surface area contributed by atoms with E-state index in [1.807, 2.05) is 30.3 Å². The van der Waals surface area contributed by atoms with Crippen LogP contribution in [0.15, 0.2) is 48.5 Å². The normalized spacial score (nSPS) is 11.7. The molecule has 0 saturated heterocycles. The molecular formula is C16H11Cl2NO. The molecule has 2 aromatic rings. The second-order valence-corrected chi connectivity index (χ2v) is 5.16. The van der Waals surface area contributed by atoms with Gasteiger partial charge in [0.05, 0.1) is 17.0 Å². The van der Waals surface area contributed by atoms with E-state index in [-0.39, 0.29) is 12.2 Å². The van der Waals surface area contributed by atoms with Crippen LogP contribution in [0.5, 0.6) is 0 Å². The molecule has 100 valence electrons. The number of hydrogen-bond donors (Lipinski definition) is 0. The van der Waals surface area contributed by atoms with E-state index in [1.54, 1.807) is 18.2 Å². The fourth-order valence-corrected chi connectivity index (χ4v) is 2.40. The van der Waals surface area contributed by atoms with E-state index in [2.05, 4.69) is 6.07 Å². The van der Waals surface area contributed by atoms with E-state index in [1.165, 1.54) is 0 Å². The van der Waals surface area contributed by atoms with Crippen molar-refractivity contribution in [2.45, 2.75) is 12.3 Å². The van der Waals surface area contributed by atoms with E-state index in [0.717, 1.165) is 5.56 Å². The van der Waals surface area contributed by atoms with Gasteiger partial charge >= 0.3 is 0 Å². The average Bonchev–Trinajstić information content (AvgIpc) is 2.47. The zero-order valence-electron chi connectivity index (χ0n) is 10.5. The largest absolute Gasteiger partial charge is 0.293 e. The van der Waals surface area contributed by atoms with Crippen molar-refractivity contribution in [1.29, 1.82) is 5.26 Å². The summed E-state index contributed by atoms with van der Waals surface area (Å²) in [6.45, 7) is 0. The summed E-state index contributed by atoms with van der Waals surface area (Å²) in [5.74, 6) is -0.720. The molecule has 20 heavy (non-hydrogen) atoms. The molecule has 1 atom stereocenters. The summed E-state index contributed by atoms with van der Waals surface area (Å²) in [5.41, 5.74) is 1.15. The van der Waals surface area contributed by atoms with Gasteiger partial charge in [-0.1, -0.05) is 53.5 Å². The van der Waals surface area contributed by atoms with Crippen LogP contribution in [0.1, 0.15) is 28.3 Å². The first-order valence-electron chi connectivity index (χ1n) is 6.04. The topological polar surface area (TPSA) is 40.9 Å². The van der Waals surface area contributed by atoms with Crippen molar-refractivity contribution in [2.24, 2.45) is 0 Å². The second kappa shape index (κ2) is 6.56. The molecule has 0 bridgehead atoms. The Morgan fingerprint density at radius 2 is 1.85 bits per heavy atom. The van der Waals surface area contributed by atoms with Gasteiger partial charge in [-0.15, -0.1) is 0 Å². The quantitative estimate of drug-likeness (QED) is 0.756. The molecule has 0 aliphatic heterocycles. The Hall–Kier alpha value is -1.82. The van der Waals surface area contributed by atoms with E-state index in [4.69, 9.17) is 28.5 Å². The van der Waals surface area contributed by atoms with Gasteiger partial charge in [-0.3, -0.25) is 4.79 Å². The highest BCUT2D eigenvalue weighted by atomic mass is 35.5. The molecule has 0 aliphatic rings. The number of ketones is 1. The lowest BCUT2D eigenvalue weighted by Gasteiger charge is -2.14. The summed E-state index contributed by atoms with van der Waals surface area (Å²) in [6, 6.07) is 16.0. The molecule has 4 heteroatoms. The summed E-state index contributed by atoms with van der Waals surface area (Å²) in [6.07, 6.45) is 0.103. The molecule has 0 heterocycles. The third-order valence-electron chi connectivity index (χ3n) is 3.01. The molecule has 2 aromatic carbocycles. The fourth-order valence-electron chi connectivity index (χ4n) is 2.01. The summed E-state index contributed by atoms with van der Waals surface area (Å²) >= 11 is 12.0. The van der Waals surface area contributed by atoms with Crippen molar-refractivity contribution in [3.63, 3.8) is 0 Å². The Bertz CT molecular complexity index is 662. The number of nitriles is 1. The summed E-state index contributed by atoms with van der Waals surface area (Å²) < 4.78 is 0. The van der Waals surface area contributed by atoms with Crippen LogP contribution >= 0.6 is 23.2 Å². The lowest BCUT2D eigenvalue weighted by Crippen LogP contribution is -2.13. The van der Waals surface area contributed by atoms with Gasteiger partial charge in [-0.2, -0.15) is 5.26 Å². The number of benzene rings is 2. The maximum absolute atomic E-state index is 12.6. The summed E-state index contributed by atoms with van der Waals surface area (Å²) in [4.78, 5) is 12.6. The highest BCUT2D eigenvalue weighted by Crippen LogP contribution is 2.29. The molecule has 0 aromatic heterocycles. The lowest BCUT2D eigenvalue weighted by molar-refractivity contribution is 0.0961. The Kier molecular flexibility index (Phi) is 4.79. The van der Waals surface area contributed by atoms with Crippen LogP contribution in [0.25, 0.3) is 0 Å². The smallest absolute Gasteiger partial charge is 0.172 e. The minimum atomic E-state index is -0.530. The van der Waals surface area contributed by atoms with Gasteiger partial charge in [0, 0.05) is 17.0 Å². The predicted molar refractivity (Wildman–Crippen MR) is 80.2 cm³/mol. The highest BCUT2D eigenvalue weighted by molar-refractivity contribution is 6.36. The van der Waals surface area contributed by atoms with Crippen molar-refractivity contribution in [2.75, 3.05) is 0 Å². The maximum Gasteiger partial charge on any atom is 0.172 e. The summed E-state index contributed by atoms with van der Waals surface area (Å²) in [7, 11) is 0. The standard InChI is InChI=1S/C16H11Cl2NO/c17-12-6-7-15(18)14(10-12)16(20)13(8-9-19)11-4-2-1-3-5-11/h1-7,10,13H,8H2. The lowest BCUT2D eigenvalue weighted by atomic mass is 9.88. The molecule has 2 rings (SSSR count). The highest BCUT2D eigenvalue weighted by Gasteiger charge is 2.23. The Morgan fingerprint density at radius 1 is 1.15 bits per heavy atom. The number of carbonyl (C=O) groups excluding carboxylic acids is 1. The molecule has 0 amide bonds. The SMILES string of the molecule is N#CCC(C(=O)c1cc(Cl)ccc1Cl)c1ccccc1. The van der Waals surface area contributed by atoms with Crippen molar-refractivity contribution < 1.29 is 4.79 Å². The zero-order chi connectivity index (χ0) is 14.5. The van der Waals surface area contributed by atoms with Crippen molar-refractivity contribution in [1.82, 2.24) is 0 Å². The number of nitrogens with zero attached hydrogens (tertiary/aromatic N) is 1. The molecule has 0 radical (unpaired) electrons. The number of halogens is 2. The minimum Gasteiger partial charge on any atom is -0.293 e. The number of carbonyl (C=O) groups is 1. The van der Waals surface area contributed by atoms with Crippen molar-refractivity contribution in [3.8, 4) is 6.07 Å². The molecule has 0 aliphatic carbocycles. The van der Waals surface area contributed by atoms with Gasteiger partial charge in [0.1, 0.15) is 0 Å². The van der Waals surface area contributed by atoms with Gasteiger partial charge in [0.2, 0.25) is 0 Å². The molecular weight excluding hydrogens is 293 g/mol. The van der Waals surface area contributed by atoms with Gasteiger partial charge < -0.3 is 0 Å². The number of rotatable bonds is 4. The van der Waals surface area contributed by atoms with Crippen LogP contribution in [0, 0.1) is 11.3 Å². The predicted octanol–water partition coefficient (Wildman–Crippen LogP) is 4.87. The Morgan fingerprint density at radius 3 is 2.50 bits per heavy atom. The Balaban J connectivity index is 2.42. The van der Waals surface area contributed by atoms with Crippen LogP contribution in [0.4, 0.5) is 0 Å². The molecule has 0 spiro atoms. The first-order chi connectivity index (χ1) is 9.63. The van der Waals surface area contributed by atoms with Crippen LogP contribution in [-0.2, 0) is 0 Å².